The highest BCUT2D eigenvalue weighted by Crippen LogP contribution is 2.27. The van der Waals surface area contributed by atoms with Crippen LogP contribution in [-0.2, 0) is 17.6 Å². The summed E-state index contributed by atoms with van der Waals surface area (Å²) in [5, 5.41) is 6.10. The molecule has 0 heterocycles. The number of carbonyl (C=O) groups is 1. The lowest BCUT2D eigenvalue weighted by atomic mass is 10.1. The molecule has 2 aromatic carbocycles. The van der Waals surface area contributed by atoms with Crippen molar-refractivity contribution >= 4 is 35.8 Å². The van der Waals surface area contributed by atoms with Crippen molar-refractivity contribution in [1.29, 1.82) is 0 Å². The highest BCUT2D eigenvalue weighted by atomic mass is 127. The van der Waals surface area contributed by atoms with Crippen LogP contribution in [0.25, 0.3) is 0 Å². The minimum Gasteiger partial charge on any atom is -0.493 e. The van der Waals surface area contributed by atoms with Gasteiger partial charge in [0, 0.05) is 26.7 Å². The third-order valence-corrected chi connectivity index (χ3v) is 4.83. The molecule has 0 aromatic heterocycles. The van der Waals surface area contributed by atoms with Crippen LogP contribution in [0.1, 0.15) is 18.1 Å². The van der Waals surface area contributed by atoms with Crippen molar-refractivity contribution in [2.45, 2.75) is 19.8 Å². The van der Waals surface area contributed by atoms with Gasteiger partial charge in [0.2, 0.25) is 5.91 Å². The first kappa shape index (κ1) is 28.5. The molecule has 182 valence electrons. The Morgan fingerprint density at radius 1 is 1.06 bits per heavy atom. The zero-order chi connectivity index (χ0) is 23.3. The maximum atomic E-state index is 13.2. The number of amides is 1. The zero-order valence-electron chi connectivity index (χ0n) is 19.7. The van der Waals surface area contributed by atoms with Crippen LogP contribution in [0.15, 0.2) is 47.5 Å². The normalized spacial score (nSPS) is 10.8. The second-order valence-corrected chi connectivity index (χ2v) is 7.25. The molecule has 0 atom stereocenters. The monoisotopic (exact) mass is 572 g/mol. The molecule has 2 rings (SSSR count). The molecule has 0 saturated carbocycles. The van der Waals surface area contributed by atoms with Crippen LogP contribution < -0.4 is 20.1 Å². The maximum absolute atomic E-state index is 13.2. The number of likely N-dealkylation sites (N-methyl/N-ethyl adjacent to an activating group) is 1. The number of hydrogen-bond donors (Lipinski definition) is 2. The summed E-state index contributed by atoms with van der Waals surface area (Å²) in [5.41, 5.74) is 1.78. The van der Waals surface area contributed by atoms with Crippen LogP contribution in [0.5, 0.6) is 11.5 Å². The van der Waals surface area contributed by atoms with Crippen molar-refractivity contribution in [1.82, 2.24) is 15.5 Å². The van der Waals surface area contributed by atoms with Crippen LogP contribution in [0.4, 0.5) is 4.39 Å². The Labute approximate surface area is 212 Å². The predicted molar refractivity (Wildman–Crippen MR) is 140 cm³/mol. The Morgan fingerprint density at radius 3 is 2.48 bits per heavy atom. The van der Waals surface area contributed by atoms with Gasteiger partial charge in [0.05, 0.1) is 27.2 Å². The van der Waals surface area contributed by atoms with Crippen molar-refractivity contribution in [3.63, 3.8) is 0 Å². The largest absolute Gasteiger partial charge is 0.493 e. The van der Waals surface area contributed by atoms with Gasteiger partial charge in [-0.25, -0.2) is 4.39 Å². The fourth-order valence-corrected chi connectivity index (χ4v) is 3.16. The van der Waals surface area contributed by atoms with Gasteiger partial charge in [0.1, 0.15) is 5.82 Å². The summed E-state index contributed by atoms with van der Waals surface area (Å²) in [6.45, 7) is 4.36. The van der Waals surface area contributed by atoms with Gasteiger partial charge in [-0.2, -0.15) is 0 Å². The number of nitrogens with zero attached hydrogens (tertiary/aromatic N) is 2. The molecule has 0 aliphatic heterocycles. The van der Waals surface area contributed by atoms with Gasteiger partial charge in [0.25, 0.3) is 0 Å². The van der Waals surface area contributed by atoms with Gasteiger partial charge in [-0.15, -0.1) is 24.0 Å². The number of methoxy groups -OCH3 is 2. The van der Waals surface area contributed by atoms with Crippen LogP contribution in [0.3, 0.4) is 0 Å². The van der Waals surface area contributed by atoms with Gasteiger partial charge in [-0.05, 0) is 48.7 Å². The molecule has 0 radical (unpaired) electrons. The first-order chi connectivity index (χ1) is 15.5. The molecule has 0 aliphatic rings. The molecule has 0 unspecified atom stereocenters. The van der Waals surface area contributed by atoms with E-state index in [-0.39, 0.29) is 42.1 Å². The van der Waals surface area contributed by atoms with Gasteiger partial charge in [-0.1, -0.05) is 18.2 Å². The number of halogens is 2. The molecule has 33 heavy (non-hydrogen) atoms. The molecule has 9 heteroatoms. The van der Waals surface area contributed by atoms with Crippen molar-refractivity contribution < 1.29 is 18.7 Å². The second kappa shape index (κ2) is 15.3. The molecular weight excluding hydrogens is 538 g/mol. The van der Waals surface area contributed by atoms with E-state index in [4.69, 9.17) is 9.47 Å². The number of nitrogens with one attached hydrogen (secondary N) is 2. The standard InChI is InChI=1S/C24H33FN4O3.HI/c1-5-26-24(28-13-12-27-23(30)17-19-7-6-8-20(25)15-19)29(2)14-11-18-9-10-21(31-3)22(16-18)32-4;/h6-10,15-16H,5,11-14,17H2,1-4H3,(H,26,28)(H,27,30);1H. The topological polar surface area (TPSA) is 75.2 Å². The highest BCUT2D eigenvalue weighted by Gasteiger charge is 2.09. The molecule has 0 spiro atoms. The minimum atomic E-state index is -0.341. The number of rotatable bonds is 11. The fourth-order valence-electron chi connectivity index (χ4n) is 3.16. The molecule has 0 saturated heterocycles. The summed E-state index contributed by atoms with van der Waals surface area (Å²) in [6.07, 6.45) is 0.957. The quantitative estimate of drug-likeness (QED) is 0.187. The van der Waals surface area contributed by atoms with E-state index < -0.39 is 0 Å². The average Bonchev–Trinajstić information content (AvgIpc) is 2.79. The maximum Gasteiger partial charge on any atom is 0.224 e. The smallest absolute Gasteiger partial charge is 0.224 e. The van der Waals surface area contributed by atoms with Crippen molar-refractivity contribution in [2.75, 3.05) is 47.4 Å². The third-order valence-electron chi connectivity index (χ3n) is 4.83. The number of ether oxygens (including phenoxy) is 2. The Bertz CT molecular complexity index is 911. The summed E-state index contributed by atoms with van der Waals surface area (Å²) >= 11 is 0. The van der Waals surface area contributed by atoms with Crippen LogP contribution in [0, 0.1) is 5.82 Å². The van der Waals surface area contributed by atoms with E-state index in [0.29, 0.717) is 30.2 Å². The first-order valence-electron chi connectivity index (χ1n) is 10.7. The lowest BCUT2D eigenvalue weighted by Gasteiger charge is -2.22. The minimum absolute atomic E-state index is 0. The van der Waals surface area contributed by atoms with Crippen molar-refractivity contribution in [3.8, 4) is 11.5 Å². The van der Waals surface area contributed by atoms with Gasteiger partial charge in [-0.3, -0.25) is 9.79 Å². The van der Waals surface area contributed by atoms with E-state index in [1.165, 1.54) is 12.1 Å². The molecular formula is C24H34FIN4O3. The summed E-state index contributed by atoms with van der Waals surface area (Å²) in [7, 11) is 5.22. The first-order valence-corrected chi connectivity index (χ1v) is 10.7. The SMILES string of the molecule is CCNC(=NCCNC(=O)Cc1cccc(F)c1)N(C)CCc1ccc(OC)c(OC)c1.I. The molecule has 7 nitrogen and oxygen atoms in total. The van der Waals surface area contributed by atoms with Gasteiger partial charge >= 0.3 is 0 Å². The number of carbonyl (C=O) groups excluding carboxylic acids is 1. The number of aliphatic imine (C=N–C) groups is 1. The van der Waals surface area contributed by atoms with Gasteiger partial charge in [0.15, 0.2) is 17.5 Å². The van der Waals surface area contributed by atoms with Crippen LogP contribution >= 0.6 is 24.0 Å². The molecule has 0 aliphatic carbocycles. The Hall–Kier alpha value is -2.56. The second-order valence-electron chi connectivity index (χ2n) is 7.25. The van der Waals surface area contributed by atoms with E-state index >= 15 is 0 Å². The van der Waals surface area contributed by atoms with E-state index in [2.05, 4.69) is 20.5 Å². The summed E-state index contributed by atoms with van der Waals surface area (Å²) in [6, 6.07) is 12.0. The van der Waals surface area contributed by atoms with E-state index in [1.54, 1.807) is 26.4 Å². The predicted octanol–water partition coefficient (Wildman–Crippen LogP) is 3.26. The molecule has 0 bridgehead atoms. The summed E-state index contributed by atoms with van der Waals surface area (Å²) < 4.78 is 23.9. The third kappa shape index (κ3) is 9.85. The highest BCUT2D eigenvalue weighted by molar-refractivity contribution is 14.0. The zero-order valence-corrected chi connectivity index (χ0v) is 22.0. The number of guanidine groups is 1. The number of benzene rings is 2. The van der Waals surface area contributed by atoms with Crippen LogP contribution in [0.2, 0.25) is 0 Å². The van der Waals surface area contributed by atoms with Crippen molar-refractivity contribution in [3.05, 3.63) is 59.4 Å². The Kier molecular flexibility index (Phi) is 13.2. The van der Waals surface area contributed by atoms with E-state index in [1.807, 2.05) is 32.2 Å². The molecule has 2 aromatic rings. The van der Waals surface area contributed by atoms with E-state index in [0.717, 1.165) is 31.0 Å². The molecule has 0 fully saturated rings. The lowest BCUT2D eigenvalue weighted by molar-refractivity contribution is -0.120. The average molecular weight is 572 g/mol. The summed E-state index contributed by atoms with van der Waals surface area (Å²) in [4.78, 5) is 18.7. The van der Waals surface area contributed by atoms with Gasteiger partial charge < -0.3 is 25.0 Å². The van der Waals surface area contributed by atoms with Crippen LogP contribution in [-0.4, -0.2) is 64.2 Å². The lowest BCUT2D eigenvalue weighted by Crippen LogP contribution is -2.40. The molecule has 1 amide bonds. The van der Waals surface area contributed by atoms with E-state index in [9.17, 15) is 9.18 Å². The number of hydrogen-bond acceptors (Lipinski definition) is 4. The molecule has 2 N–H and O–H groups in total. The Balaban J connectivity index is 0.00000544. The summed E-state index contributed by atoms with van der Waals surface area (Å²) in [5.74, 6) is 1.69. The Morgan fingerprint density at radius 2 is 1.82 bits per heavy atom. The fraction of sp³-hybridized carbons (Fsp3) is 0.417. The van der Waals surface area contributed by atoms with Crippen molar-refractivity contribution in [2.24, 2.45) is 4.99 Å².